The predicted octanol–water partition coefficient (Wildman–Crippen LogP) is 0.365. The van der Waals surface area contributed by atoms with Gasteiger partial charge in [0.15, 0.2) is 5.52 Å². The highest BCUT2D eigenvalue weighted by Gasteiger charge is 2.18. The minimum Gasteiger partial charge on any atom is -1.00 e. The van der Waals surface area contributed by atoms with Gasteiger partial charge in [-0.3, -0.25) is 0 Å². The molecular formula is C19H16BrN3. The number of imidazole rings is 1. The molecular weight excluding hydrogens is 350 g/mol. The van der Waals surface area contributed by atoms with Crippen LogP contribution in [0, 0.1) is 0 Å². The van der Waals surface area contributed by atoms with Crippen molar-refractivity contribution >= 4 is 11.2 Å². The monoisotopic (exact) mass is 365 g/mol. The molecule has 3 nitrogen and oxygen atoms in total. The number of halogens is 1. The molecule has 114 valence electrons. The van der Waals surface area contributed by atoms with Crippen LogP contribution in [0.4, 0.5) is 0 Å². The van der Waals surface area contributed by atoms with Gasteiger partial charge in [0.1, 0.15) is 12.2 Å². The maximum absolute atomic E-state index is 4.56. The topological polar surface area (TPSA) is 21.7 Å². The first kappa shape index (κ1) is 15.4. The van der Waals surface area contributed by atoms with E-state index in [9.17, 15) is 0 Å². The summed E-state index contributed by atoms with van der Waals surface area (Å²) in [5, 5.41) is 0. The van der Waals surface area contributed by atoms with E-state index in [4.69, 9.17) is 0 Å². The van der Waals surface area contributed by atoms with Crippen molar-refractivity contribution in [3.63, 3.8) is 0 Å². The minimum atomic E-state index is 0. The molecule has 2 heterocycles. The first-order valence-corrected chi connectivity index (χ1v) is 7.37. The molecule has 4 rings (SSSR count). The molecule has 2 aromatic heterocycles. The van der Waals surface area contributed by atoms with Crippen LogP contribution in [0.5, 0.6) is 0 Å². The number of pyridine rings is 1. The zero-order valence-electron chi connectivity index (χ0n) is 12.5. The molecule has 23 heavy (non-hydrogen) atoms. The summed E-state index contributed by atoms with van der Waals surface area (Å²) < 4.78 is 4.38. The van der Waals surface area contributed by atoms with Gasteiger partial charge in [0.05, 0.1) is 0 Å². The predicted molar refractivity (Wildman–Crippen MR) is 86.8 cm³/mol. The lowest BCUT2D eigenvalue weighted by Gasteiger charge is -1.97. The van der Waals surface area contributed by atoms with Gasteiger partial charge in [-0.15, -0.1) is 0 Å². The molecule has 0 aliphatic carbocycles. The Balaban J connectivity index is 0.00000156. The van der Waals surface area contributed by atoms with Crippen LogP contribution in [0.25, 0.3) is 16.9 Å². The van der Waals surface area contributed by atoms with E-state index >= 15 is 0 Å². The SMILES string of the molecule is [Br-].c1ccc(C[n+]2cn(-c3ccccc3)c3ncccc32)cc1. The minimum absolute atomic E-state index is 0. The molecule has 4 aromatic rings. The van der Waals surface area contributed by atoms with E-state index in [0.29, 0.717) is 0 Å². The largest absolute Gasteiger partial charge is 1.00 e. The molecule has 0 saturated carbocycles. The Kier molecular flexibility index (Phi) is 4.53. The van der Waals surface area contributed by atoms with Crippen molar-refractivity contribution in [2.24, 2.45) is 0 Å². The van der Waals surface area contributed by atoms with E-state index in [2.05, 4.69) is 62.9 Å². The van der Waals surface area contributed by atoms with E-state index in [0.717, 1.165) is 23.4 Å². The van der Waals surface area contributed by atoms with E-state index in [1.165, 1.54) is 5.56 Å². The van der Waals surface area contributed by atoms with Crippen molar-refractivity contribution in [3.8, 4) is 5.69 Å². The number of fused-ring (bicyclic) bond motifs is 1. The lowest BCUT2D eigenvalue weighted by molar-refractivity contribution is -0.662. The molecule has 4 heteroatoms. The molecule has 0 aliphatic rings. The summed E-state index contributed by atoms with van der Waals surface area (Å²) >= 11 is 0. The van der Waals surface area contributed by atoms with Gasteiger partial charge in [0.2, 0.25) is 0 Å². The zero-order valence-corrected chi connectivity index (χ0v) is 14.1. The summed E-state index contributed by atoms with van der Waals surface area (Å²) in [5.74, 6) is 0. The van der Waals surface area contributed by atoms with Crippen LogP contribution in [0.2, 0.25) is 0 Å². The molecule has 0 fully saturated rings. The van der Waals surface area contributed by atoms with Crippen LogP contribution >= 0.6 is 0 Å². The zero-order chi connectivity index (χ0) is 14.8. The van der Waals surface area contributed by atoms with Crippen molar-refractivity contribution in [1.29, 1.82) is 0 Å². The third kappa shape index (κ3) is 3.03. The first-order chi connectivity index (χ1) is 10.9. The molecule has 0 N–H and O–H groups in total. The molecule has 0 atom stereocenters. The third-order valence-corrected chi connectivity index (χ3v) is 3.79. The van der Waals surface area contributed by atoms with Gasteiger partial charge in [0, 0.05) is 6.20 Å². The van der Waals surface area contributed by atoms with Gasteiger partial charge in [-0.1, -0.05) is 48.5 Å². The summed E-state index contributed by atoms with van der Waals surface area (Å²) in [6.45, 7) is 0.836. The Morgan fingerprint density at radius 1 is 0.826 bits per heavy atom. The highest BCUT2D eigenvalue weighted by molar-refractivity contribution is 5.69. The fourth-order valence-electron chi connectivity index (χ4n) is 2.74. The van der Waals surface area contributed by atoms with Crippen molar-refractivity contribution in [1.82, 2.24) is 9.55 Å². The Bertz CT molecular complexity index is 902. The second-order valence-electron chi connectivity index (χ2n) is 5.28. The molecule has 0 spiro atoms. The molecule has 0 bridgehead atoms. The molecule has 2 aromatic carbocycles. The van der Waals surface area contributed by atoms with E-state index in [1.807, 2.05) is 36.5 Å². The Morgan fingerprint density at radius 3 is 2.26 bits per heavy atom. The average Bonchev–Trinajstić information content (AvgIpc) is 2.96. The molecule has 0 radical (unpaired) electrons. The molecule has 0 saturated heterocycles. The van der Waals surface area contributed by atoms with E-state index in [-0.39, 0.29) is 17.0 Å². The Morgan fingerprint density at radius 2 is 1.52 bits per heavy atom. The Labute approximate surface area is 145 Å². The fraction of sp³-hybridized carbons (Fsp3) is 0.0526. The van der Waals surface area contributed by atoms with Crippen LogP contribution < -0.4 is 21.5 Å². The molecule has 0 aliphatic heterocycles. The van der Waals surface area contributed by atoms with Crippen LogP contribution in [-0.4, -0.2) is 9.55 Å². The third-order valence-electron chi connectivity index (χ3n) is 3.79. The lowest BCUT2D eigenvalue weighted by atomic mass is 10.2. The number of rotatable bonds is 3. The number of benzene rings is 2. The van der Waals surface area contributed by atoms with Crippen LogP contribution in [0.1, 0.15) is 5.56 Å². The van der Waals surface area contributed by atoms with Crippen LogP contribution in [-0.2, 0) is 6.54 Å². The fourth-order valence-corrected chi connectivity index (χ4v) is 2.74. The Hall–Kier alpha value is -2.46. The number of nitrogens with zero attached hydrogens (tertiary/aromatic N) is 3. The van der Waals surface area contributed by atoms with E-state index < -0.39 is 0 Å². The van der Waals surface area contributed by atoms with Crippen molar-refractivity contribution in [3.05, 3.63) is 90.9 Å². The lowest BCUT2D eigenvalue weighted by Crippen LogP contribution is -3.00. The summed E-state index contributed by atoms with van der Waals surface area (Å²) in [6, 6.07) is 24.9. The highest BCUT2D eigenvalue weighted by Crippen LogP contribution is 2.15. The summed E-state index contributed by atoms with van der Waals surface area (Å²) in [4.78, 5) is 4.56. The van der Waals surface area contributed by atoms with Gasteiger partial charge in [-0.05, 0) is 29.8 Å². The van der Waals surface area contributed by atoms with Crippen LogP contribution in [0.15, 0.2) is 85.3 Å². The van der Waals surface area contributed by atoms with Crippen molar-refractivity contribution in [2.75, 3.05) is 0 Å². The maximum Gasteiger partial charge on any atom is 0.273 e. The summed E-state index contributed by atoms with van der Waals surface area (Å²) in [5.41, 5.74) is 4.52. The number of para-hydroxylation sites is 1. The molecule has 0 unspecified atom stereocenters. The average molecular weight is 366 g/mol. The standard InChI is InChI=1S/C19H16N3.BrH/c1-3-8-16(9-4-1)14-21-15-22(17-10-5-2-6-11-17)19-18(21)12-7-13-20-19;/h1-13,15H,14H2;1H/q+1;/p-1. The van der Waals surface area contributed by atoms with Gasteiger partial charge < -0.3 is 17.0 Å². The second kappa shape index (κ2) is 6.75. The van der Waals surface area contributed by atoms with E-state index in [1.54, 1.807) is 0 Å². The summed E-state index contributed by atoms with van der Waals surface area (Å²) in [7, 11) is 0. The normalized spacial score (nSPS) is 10.4. The van der Waals surface area contributed by atoms with Gasteiger partial charge in [-0.25, -0.2) is 9.55 Å². The number of aromatic nitrogens is 3. The van der Waals surface area contributed by atoms with Gasteiger partial charge in [-0.2, -0.15) is 4.57 Å². The summed E-state index contributed by atoms with van der Waals surface area (Å²) in [6.07, 6.45) is 3.97. The highest BCUT2D eigenvalue weighted by atomic mass is 79.9. The number of hydrogen-bond donors (Lipinski definition) is 0. The quantitative estimate of drug-likeness (QED) is 0.480. The van der Waals surface area contributed by atoms with Gasteiger partial charge >= 0.3 is 0 Å². The smallest absolute Gasteiger partial charge is 0.273 e. The maximum atomic E-state index is 4.56. The van der Waals surface area contributed by atoms with Gasteiger partial charge in [0.25, 0.3) is 12.0 Å². The van der Waals surface area contributed by atoms with Crippen LogP contribution in [0.3, 0.4) is 0 Å². The second-order valence-corrected chi connectivity index (χ2v) is 5.28. The van der Waals surface area contributed by atoms with Crippen molar-refractivity contribution < 1.29 is 21.5 Å². The van der Waals surface area contributed by atoms with Crippen molar-refractivity contribution in [2.45, 2.75) is 6.54 Å². The number of hydrogen-bond acceptors (Lipinski definition) is 1. The first-order valence-electron chi connectivity index (χ1n) is 7.37. The molecule has 0 amide bonds.